The first-order chi connectivity index (χ1) is 9.47. The maximum atomic E-state index is 11.9. The van der Waals surface area contributed by atoms with E-state index in [0.29, 0.717) is 24.8 Å². The van der Waals surface area contributed by atoms with Gasteiger partial charge in [-0.2, -0.15) is 0 Å². The highest BCUT2D eigenvalue weighted by atomic mass is 35.7. The molecule has 4 nitrogen and oxygen atoms in total. The number of fused-ring (bicyclic) bond motifs is 1. The second-order valence-electron chi connectivity index (χ2n) is 5.48. The molecule has 2 aliphatic rings. The first kappa shape index (κ1) is 14.4. The Balaban J connectivity index is 1.46. The van der Waals surface area contributed by atoms with E-state index in [1.807, 2.05) is 0 Å². The third-order valence-electron chi connectivity index (χ3n) is 4.26. The van der Waals surface area contributed by atoms with Crippen molar-refractivity contribution < 1.29 is 13.2 Å². The summed E-state index contributed by atoms with van der Waals surface area (Å²) in [5.41, 5.74) is 0. The predicted molar refractivity (Wildman–Crippen MR) is 78.4 cm³/mol. The van der Waals surface area contributed by atoms with E-state index in [1.54, 1.807) is 6.07 Å². The van der Waals surface area contributed by atoms with Gasteiger partial charge in [-0.3, -0.25) is 4.79 Å². The molecule has 2 saturated carbocycles. The molecule has 0 radical (unpaired) electrons. The van der Waals surface area contributed by atoms with Gasteiger partial charge in [-0.25, -0.2) is 8.42 Å². The second kappa shape index (κ2) is 5.31. The Morgan fingerprint density at radius 3 is 2.65 bits per heavy atom. The van der Waals surface area contributed by atoms with Crippen molar-refractivity contribution in [1.82, 2.24) is 5.32 Å². The molecule has 0 spiro atoms. The molecule has 2 fully saturated rings. The van der Waals surface area contributed by atoms with Gasteiger partial charge in [0.2, 0.25) is 5.91 Å². The smallest absolute Gasteiger partial charge is 0.270 e. The van der Waals surface area contributed by atoms with E-state index in [0.717, 1.165) is 16.2 Å². The maximum absolute atomic E-state index is 11.9. The van der Waals surface area contributed by atoms with E-state index >= 15 is 0 Å². The number of hydrogen-bond donors (Lipinski definition) is 1. The van der Waals surface area contributed by atoms with Crippen molar-refractivity contribution in [3.8, 4) is 0 Å². The third kappa shape index (κ3) is 2.87. The lowest BCUT2D eigenvalue weighted by Crippen LogP contribution is -2.28. The molecule has 0 bridgehead atoms. The number of nitrogens with one attached hydrogen (secondary N) is 1. The lowest BCUT2D eigenvalue weighted by molar-refractivity contribution is -0.123. The second-order valence-corrected chi connectivity index (χ2v) is 9.45. The summed E-state index contributed by atoms with van der Waals surface area (Å²) in [5, 5.41) is 2.95. The zero-order valence-corrected chi connectivity index (χ0v) is 13.2. The topological polar surface area (TPSA) is 63.2 Å². The number of hydrogen-bond acceptors (Lipinski definition) is 4. The first-order valence-corrected chi connectivity index (χ1v) is 9.90. The Bertz CT molecular complexity index is 615. The highest BCUT2D eigenvalue weighted by Crippen LogP contribution is 2.57. The number of carbonyl (C=O) groups is 1. The van der Waals surface area contributed by atoms with Crippen LogP contribution in [0.4, 0.5) is 0 Å². The first-order valence-electron chi connectivity index (χ1n) is 6.78. The molecule has 1 amide bonds. The van der Waals surface area contributed by atoms with Crippen molar-refractivity contribution in [2.75, 3.05) is 6.54 Å². The Labute approximate surface area is 126 Å². The van der Waals surface area contributed by atoms with Crippen LogP contribution in [-0.4, -0.2) is 20.9 Å². The van der Waals surface area contributed by atoms with E-state index in [1.165, 1.54) is 25.3 Å². The fraction of sp³-hybridized carbons (Fsp3) is 0.615. The zero-order valence-electron chi connectivity index (χ0n) is 10.8. The van der Waals surface area contributed by atoms with Crippen molar-refractivity contribution >= 4 is 37.0 Å². The van der Waals surface area contributed by atoms with Gasteiger partial charge in [0.15, 0.2) is 0 Å². The largest absolute Gasteiger partial charge is 0.355 e. The molecule has 0 aromatic carbocycles. The van der Waals surface area contributed by atoms with Gasteiger partial charge in [0.25, 0.3) is 9.05 Å². The molecule has 110 valence electrons. The lowest BCUT2D eigenvalue weighted by atomic mass is 10.1. The Morgan fingerprint density at radius 1 is 1.35 bits per heavy atom. The van der Waals surface area contributed by atoms with Gasteiger partial charge >= 0.3 is 0 Å². The summed E-state index contributed by atoms with van der Waals surface area (Å²) in [4.78, 5) is 12.9. The van der Waals surface area contributed by atoms with E-state index in [4.69, 9.17) is 10.7 Å². The molecular weight excluding hydrogens is 318 g/mol. The highest BCUT2D eigenvalue weighted by molar-refractivity contribution is 8.15. The van der Waals surface area contributed by atoms with Gasteiger partial charge < -0.3 is 5.32 Å². The van der Waals surface area contributed by atoms with Crippen molar-refractivity contribution in [3.05, 3.63) is 17.0 Å². The molecule has 1 N–H and O–H groups in total. The lowest BCUT2D eigenvalue weighted by Gasteiger charge is -2.05. The van der Waals surface area contributed by atoms with Crippen LogP contribution in [0.1, 0.15) is 24.1 Å². The van der Waals surface area contributed by atoms with E-state index in [9.17, 15) is 13.2 Å². The van der Waals surface area contributed by atoms with Gasteiger partial charge in [0, 0.05) is 28.0 Å². The van der Waals surface area contributed by atoms with Crippen LogP contribution in [0.15, 0.2) is 16.3 Å². The van der Waals surface area contributed by atoms with Crippen LogP contribution in [0.25, 0.3) is 0 Å². The van der Waals surface area contributed by atoms with Crippen LogP contribution < -0.4 is 5.32 Å². The fourth-order valence-electron chi connectivity index (χ4n) is 3.26. The summed E-state index contributed by atoms with van der Waals surface area (Å²) < 4.78 is 22.5. The van der Waals surface area contributed by atoms with Gasteiger partial charge in [0.05, 0.1) is 0 Å². The minimum atomic E-state index is -3.63. The summed E-state index contributed by atoms with van der Waals surface area (Å²) in [5.74, 6) is 1.67. The molecule has 0 saturated heterocycles. The molecule has 2 aliphatic carbocycles. The van der Waals surface area contributed by atoms with Gasteiger partial charge in [-0.05, 0) is 43.2 Å². The van der Waals surface area contributed by atoms with E-state index in [-0.39, 0.29) is 16.0 Å². The molecule has 7 heteroatoms. The molecule has 3 rings (SSSR count). The molecule has 20 heavy (non-hydrogen) atoms. The molecule has 2 atom stereocenters. The van der Waals surface area contributed by atoms with Crippen LogP contribution >= 0.6 is 22.0 Å². The average molecular weight is 334 g/mol. The Hall–Kier alpha value is -0.590. The quantitative estimate of drug-likeness (QED) is 0.841. The van der Waals surface area contributed by atoms with Gasteiger partial charge in [0.1, 0.15) is 4.21 Å². The average Bonchev–Trinajstić information content (AvgIpc) is 2.80. The number of carbonyl (C=O) groups excluding carboxylic acids is 1. The number of amides is 1. The van der Waals surface area contributed by atoms with Crippen LogP contribution in [0.2, 0.25) is 0 Å². The molecule has 1 aromatic rings. The zero-order chi connectivity index (χ0) is 14.3. The monoisotopic (exact) mass is 333 g/mol. The number of halogens is 1. The number of thiophene rings is 1. The van der Waals surface area contributed by atoms with Crippen molar-refractivity contribution in [2.24, 2.45) is 17.8 Å². The SMILES string of the molecule is O=C(NCCc1ccc(S(=O)(=O)Cl)s1)C1C2CCCC21. The number of rotatable bonds is 5. The van der Waals surface area contributed by atoms with E-state index < -0.39 is 9.05 Å². The third-order valence-corrected chi connectivity index (χ3v) is 7.49. The van der Waals surface area contributed by atoms with Crippen LogP contribution in [0.3, 0.4) is 0 Å². The maximum Gasteiger partial charge on any atom is 0.270 e. The van der Waals surface area contributed by atoms with Crippen molar-refractivity contribution in [2.45, 2.75) is 29.9 Å². The summed E-state index contributed by atoms with van der Waals surface area (Å²) in [7, 11) is 1.64. The van der Waals surface area contributed by atoms with Crippen LogP contribution in [-0.2, 0) is 20.3 Å². The summed E-state index contributed by atoms with van der Waals surface area (Å²) in [6.45, 7) is 0.553. The van der Waals surface area contributed by atoms with Crippen molar-refractivity contribution in [3.63, 3.8) is 0 Å². The Kier molecular flexibility index (Phi) is 3.81. The normalized spacial score (nSPS) is 28.1. The minimum absolute atomic E-state index is 0.164. The minimum Gasteiger partial charge on any atom is -0.355 e. The van der Waals surface area contributed by atoms with E-state index in [2.05, 4.69) is 5.32 Å². The van der Waals surface area contributed by atoms with Crippen molar-refractivity contribution in [1.29, 1.82) is 0 Å². The highest BCUT2D eigenvalue weighted by Gasteiger charge is 2.56. The molecular formula is C13H16ClNO3S2. The molecule has 0 aliphatic heterocycles. The summed E-state index contributed by atoms with van der Waals surface area (Å²) in [6, 6.07) is 3.26. The van der Waals surface area contributed by atoms with Gasteiger partial charge in [-0.15, -0.1) is 11.3 Å². The standard InChI is InChI=1S/C13H16ClNO3S2/c14-20(17,18)11-5-4-8(19-11)6-7-15-13(16)12-9-2-1-3-10(9)12/h4-5,9-10,12H,1-3,6-7H2,(H,15,16). The summed E-state index contributed by atoms with van der Waals surface area (Å²) >= 11 is 1.16. The Morgan fingerprint density at radius 2 is 2.05 bits per heavy atom. The molecule has 2 unspecified atom stereocenters. The van der Waals surface area contributed by atoms with Crippen LogP contribution in [0, 0.1) is 17.8 Å². The molecule has 1 heterocycles. The fourth-order valence-corrected chi connectivity index (χ4v) is 5.38. The molecule has 1 aromatic heterocycles. The summed E-state index contributed by atoms with van der Waals surface area (Å²) in [6.07, 6.45) is 4.31. The van der Waals surface area contributed by atoms with Gasteiger partial charge in [-0.1, -0.05) is 6.42 Å². The van der Waals surface area contributed by atoms with Crippen LogP contribution in [0.5, 0.6) is 0 Å². The predicted octanol–water partition coefficient (Wildman–Crippen LogP) is 2.38.